The predicted octanol–water partition coefficient (Wildman–Crippen LogP) is 3.08. The van der Waals surface area contributed by atoms with E-state index in [1.165, 1.54) is 23.9 Å². The van der Waals surface area contributed by atoms with Crippen molar-refractivity contribution >= 4 is 28.5 Å². The van der Waals surface area contributed by atoms with Crippen LogP contribution in [0.25, 0.3) is 10.9 Å². The Labute approximate surface area is 164 Å². The standard InChI is InChI=1S/C20H17ClFNO5/c1-28-16-5-3-12(18(22)17(16)21)8-11-2-4-15-13(9-11)19(25)14(20(26)27)10-23(15)6-7-24/h2-5,9-10,24H,6-8H2,1H3,(H,26,27). The van der Waals surface area contributed by atoms with Crippen molar-refractivity contribution < 1.29 is 24.1 Å². The first-order chi connectivity index (χ1) is 13.4. The Morgan fingerprint density at radius 2 is 2.04 bits per heavy atom. The number of carbonyl (C=O) groups is 1. The molecule has 0 saturated carbocycles. The zero-order valence-electron chi connectivity index (χ0n) is 14.9. The highest BCUT2D eigenvalue weighted by molar-refractivity contribution is 6.32. The van der Waals surface area contributed by atoms with Gasteiger partial charge in [0.05, 0.1) is 19.2 Å². The van der Waals surface area contributed by atoms with Gasteiger partial charge in [-0.1, -0.05) is 23.7 Å². The van der Waals surface area contributed by atoms with Crippen LogP contribution in [0.5, 0.6) is 5.75 Å². The maximum absolute atomic E-state index is 14.5. The van der Waals surface area contributed by atoms with Gasteiger partial charge in [-0.3, -0.25) is 4.79 Å². The minimum Gasteiger partial charge on any atom is -0.495 e. The molecule has 0 aliphatic heterocycles. The monoisotopic (exact) mass is 405 g/mol. The van der Waals surface area contributed by atoms with Crippen LogP contribution in [0.1, 0.15) is 21.5 Å². The van der Waals surface area contributed by atoms with E-state index >= 15 is 0 Å². The van der Waals surface area contributed by atoms with Crippen LogP contribution in [0.4, 0.5) is 4.39 Å². The van der Waals surface area contributed by atoms with E-state index in [9.17, 15) is 24.2 Å². The molecule has 0 spiro atoms. The number of aromatic nitrogens is 1. The van der Waals surface area contributed by atoms with Gasteiger partial charge in [0.25, 0.3) is 0 Å². The highest BCUT2D eigenvalue weighted by atomic mass is 35.5. The van der Waals surface area contributed by atoms with E-state index in [1.54, 1.807) is 24.3 Å². The van der Waals surface area contributed by atoms with Crippen molar-refractivity contribution in [2.75, 3.05) is 13.7 Å². The Morgan fingerprint density at radius 3 is 2.68 bits per heavy atom. The van der Waals surface area contributed by atoms with Gasteiger partial charge < -0.3 is 19.5 Å². The molecule has 0 amide bonds. The third-order valence-corrected chi connectivity index (χ3v) is 4.81. The minimum atomic E-state index is -1.35. The number of methoxy groups -OCH3 is 1. The summed E-state index contributed by atoms with van der Waals surface area (Å²) in [5.41, 5.74) is 0.391. The third-order valence-electron chi connectivity index (χ3n) is 4.46. The van der Waals surface area contributed by atoms with Crippen LogP contribution >= 0.6 is 11.6 Å². The summed E-state index contributed by atoms with van der Waals surface area (Å²) in [6, 6.07) is 8.00. The molecule has 0 radical (unpaired) electrons. The summed E-state index contributed by atoms with van der Waals surface area (Å²) in [6.07, 6.45) is 1.37. The Morgan fingerprint density at radius 1 is 1.29 bits per heavy atom. The number of nitrogens with zero attached hydrogens (tertiary/aromatic N) is 1. The molecule has 0 bridgehead atoms. The number of rotatable bonds is 6. The number of pyridine rings is 1. The van der Waals surface area contributed by atoms with Crippen molar-refractivity contribution in [1.29, 1.82) is 0 Å². The van der Waals surface area contributed by atoms with Gasteiger partial charge in [0.2, 0.25) is 5.43 Å². The number of ether oxygens (including phenoxy) is 1. The van der Waals surface area contributed by atoms with E-state index in [2.05, 4.69) is 0 Å². The first-order valence-electron chi connectivity index (χ1n) is 8.38. The average Bonchev–Trinajstić information content (AvgIpc) is 2.68. The van der Waals surface area contributed by atoms with E-state index in [4.69, 9.17) is 16.3 Å². The van der Waals surface area contributed by atoms with Crippen LogP contribution in [0.2, 0.25) is 5.02 Å². The molecule has 28 heavy (non-hydrogen) atoms. The molecule has 0 fully saturated rings. The highest BCUT2D eigenvalue weighted by Crippen LogP contribution is 2.30. The van der Waals surface area contributed by atoms with Crippen LogP contribution in [-0.2, 0) is 13.0 Å². The number of hydrogen-bond acceptors (Lipinski definition) is 4. The van der Waals surface area contributed by atoms with Gasteiger partial charge in [-0.15, -0.1) is 0 Å². The van der Waals surface area contributed by atoms with Crippen molar-refractivity contribution in [3.63, 3.8) is 0 Å². The highest BCUT2D eigenvalue weighted by Gasteiger charge is 2.16. The summed E-state index contributed by atoms with van der Waals surface area (Å²) in [5, 5.41) is 18.6. The zero-order valence-corrected chi connectivity index (χ0v) is 15.7. The molecule has 0 saturated heterocycles. The lowest BCUT2D eigenvalue weighted by Crippen LogP contribution is -2.20. The van der Waals surface area contributed by atoms with Crippen LogP contribution in [0.3, 0.4) is 0 Å². The first kappa shape index (κ1) is 19.9. The van der Waals surface area contributed by atoms with Gasteiger partial charge in [0.1, 0.15) is 22.2 Å². The molecule has 1 heterocycles. The molecule has 0 atom stereocenters. The molecular formula is C20H17ClFNO5. The number of aliphatic hydroxyl groups is 1. The van der Waals surface area contributed by atoms with Crippen molar-refractivity contribution in [2.24, 2.45) is 0 Å². The molecule has 0 unspecified atom stereocenters. The van der Waals surface area contributed by atoms with Crippen LogP contribution in [-0.4, -0.2) is 34.5 Å². The fraction of sp³-hybridized carbons (Fsp3) is 0.200. The van der Waals surface area contributed by atoms with Gasteiger partial charge in [0.15, 0.2) is 0 Å². The Kier molecular flexibility index (Phi) is 5.67. The largest absolute Gasteiger partial charge is 0.495 e. The summed E-state index contributed by atoms with van der Waals surface area (Å²) in [7, 11) is 1.39. The Balaban J connectivity index is 2.12. The number of hydrogen-bond donors (Lipinski definition) is 2. The van der Waals surface area contributed by atoms with Crippen molar-refractivity contribution in [2.45, 2.75) is 13.0 Å². The molecule has 2 aromatic carbocycles. The van der Waals surface area contributed by atoms with Crippen LogP contribution in [0.15, 0.2) is 41.3 Å². The molecular weight excluding hydrogens is 389 g/mol. The van der Waals surface area contributed by atoms with E-state index in [0.717, 1.165) is 0 Å². The maximum Gasteiger partial charge on any atom is 0.341 e. The second-order valence-corrected chi connectivity index (χ2v) is 6.56. The van der Waals surface area contributed by atoms with E-state index in [-0.39, 0.29) is 35.7 Å². The molecule has 3 rings (SSSR count). The average molecular weight is 406 g/mol. The summed E-state index contributed by atoms with van der Waals surface area (Å²) in [4.78, 5) is 24.0. The minimum absolute atomic E-state index is 0.126. The molecule has 2 N–H and O–H groups in total. The fourth-order valence-electron chi connectivity index (χ4n) is 3.09. The number of aliphatic hydroxyl groups excluding tert-OH is 1. The van der Waals surface area contributed by atoms with Crippen LogP contribution in [0, 0.1) is 5.82 Å². The smallest absolute Gasteiger partial charge is 0.341 e. The van der Waals surface area contributed by atoms with E-state index in [1.807, 2.05) is 0 Å². The lowest BCUT2D eigenvalue weighted by atomic mass is 10.0. The van der Waals surface area contributed by atoms with Gasteiger partial charge in [0, 0.05) is 24.5 Å². The number of carboxylic acid groups (broad SMARTS) is 1. The summed E-state index contributed by atoms with van der Waals surface area (Å²) in [6.45, 7) is -0.0759. The van der Waals surface area contributed by atoms with Crippen molar-refractivity contribution in [3.05, 3.63) is 74.3 Å². The second-order valence-electron chi connectivity index (χ2n) is 6.18. The Hall–Kier alpha value is -2.90. The molecule has 1 aromatic heterocycles. The molecule has 0 aliphatic rings. The second kappa shape index (κ2) is 8.00. The quantitative estimate of drug-likeness (QED) is 0.658. The summed E-state index contributed by atoms with van der Waals surface area (Å²) in [5.74, 6) is -1.74. The lowest BCUT2D eigenvalue weighted by molar-refractivity contribution is 0.0694. The van der Waals surface area contributed by atoms with Gasteiger partial charge in [-0.05, 0) is 29.3 Å². The van der Waals surface area contributed by atoms with Crippen molar-refractivity contribution in [1.82, 2.24) is 4.57 Å². The van der Waals surface area contributed by atoms with E-state index in [0.29, 0.717) is 16.6 Å². The normalized spacial score (nSPS) is 11.0. The summed E-state index contributed by atoms with van der Waals surface area (Å²) < 4.78 is 21.0. The van der Waals surface area contributed by atoms with Crippen LogP contribution < -0.4 is 10.2 Å². The molecule has 6 nitrogen and oxygen atoms in total. The zero-order chi connectivity index (χ0) is 20.4. The number of fused-ring (bicyclic) bond motifs is 1. The van der Waals surface area contributed by atoms with Crippen molar-refractivity contribution in [3.8, 4) is 5.75 Å². The van der Waals surface area contributed by atoms with E-state index < -0.39 is 22.8 Å². The van der Waals surface area contributed by atoms with Gasteiger partial charge >= 0.3 is 5.97 Å². The molecule has 146 valence electrons. The topological polar surface area (TPSA) is 88.8 Å². The predicted molar refractivity (Wildman–Crippen MR) is 103 cm³/mol. The van der Waals surface area contributed by atoms with Gasteiger partial charge in [-0.25, -0.2) is 9.18 Å². The molecule has 3 aromatic rings. The number of aromatic carboxylic acids is 1. The molecule has 0 aliphatic carbocycles. The third kappa shape index (κ3) is 3.58. The summed E-state index contributed by atoms with van der Waals surface area (Å²) >= 11 is 5.95. The number of halogens is 2. The number of carboxylic acids is 1. The number of benzene rings is 2. The Bertz CT molecular complexity index is 1130. The lowest BCUT2D eigenvalue weighted by Gasteiger charge is -2.13. The maximum atomic E-state index is 14.5. The fourth-order valence-corrected chi connectivity index (χ4v) is 3.35. The van der Waals surface area contributed by atoms with Gasteiger partial charge in [-0.2, -0.15) is 0 Å². The molecule has 8 heteroatoms. The first-order valence-corrected chi connectivity index (χ1v) is 8.76. The SMILES string of the molecule is COc1ccc(Cc2ccc3c(c2)c(=O)c(C(=O)O)cn3CCO)c(F)c1Cl.